The second-order valence-electron chi connectivity index (χ2n) is 6.07. The van der Waals surface area contributed by atoms with E-state index < -0.39 is 10.0 Å². The van der Waals surface area contributed by atoms with Crippen molar-refractivity contribution < 1.29 is 18.3 Å². The van der Waals surface area contributed by atoms with E-state index in [1.165, 1.54) is 9.71 Å². The zero-order valence-corrected chi connectivity index (χ0v) is 15.4. The summed E-state index contributed by atoms with van der Waals surface area (Å²) < 4.78 is 26.3. The summed E-state index contributed by atoms with van der Waals surface area (Å²) in [7, 11) is -3.48. The highest BCUT2D eigenvalue weighted by Gasteiger charge is 2.31. The second-order valence-corrected chi connectivity index (χ2v) is 7.89. The van der Waals surface area contributed by atoms with Gasteiger partial charge in [0.15, 0.2) is 0 Å². The van der Waals surface area contributed by atoms with E-state index in [-0.39, 0.29) is 18.4 Å². The van der Waals surface area contributed by atoms with Crippen LogP contribution in [0.4, 0.5) is 0 Å². The highest BCUT2D eigenvalue weighted by atomic mass is 32.2. The van der Waals surface area contributed by atoms with Crippen molar-refractivity contribution in [3.63, 3.8) is 0 Å². The number of sulfonamides is 1. The van der Waals surface area contributed by atoms with E-state index in [0.717, 1.165) is 5.56 Å². The van der Waals surface area contributed by atoms with Gasteiger partial charge in [0, 0.05) is 37.5 Å². The van der Waals surface area contributed by atoms with Crippen molar-refractivity contribution >= 4 is 22.0 Å². The minimum absolute atomic E-state index is 0.00780. The summed E-state index contributed by atoms with van der Waals surface area (Å²) in [5.74, 6) is -0.163. The van der Waals surface area contributed by atoms with Crippen LogP contribution in [0.15, 0.2) is 35.7 Å². The minimum Gasteiger partial charge on any atom is -0.395 e. The molecule has 0 aliphatic carbocycles. The Bertz CT molecular complexity index is 680. The van der Waals surface area contributed by atoms with Gasteiger partial charge in [-0.25, -0.2) is 8.42 Å². The molecule has 0 saturated carbocycles. The molecular formula is C18H26N2O4S. The first kappa shape index (κ1) is 19.6. The largest absolute Gasteiger partial charge is 0.395 e. The predicted octanol–water partition coefficient (Wildman–Crippen LogP) is 1.54. The Morgan fingerprint density at radius 3 is 2.48 bits per heavy atom. The number of aliphatic hydroxyl groups is 1. The molecule has 1 N–H and O–H groups in total. The van der Waals surface area contributed by atoms with Crippen LogP contribution in [0.5, 0.6) is 0 Å². The van der Waals surface area contributed by atoms with E-state index in [1.807, 2.05) is 37.3 Å². The monoisotopic (exact) mass is 366 g/mol. The number of piperidine rings is 1. The van der Waals surface area contributed by atoms with Gasteiger partial charge in [0.25, 0.3) is 0 Å². The van der Waals surface area contributed by atoms with Crippen molar-refractivity contribution in [1.82, 2.24) is 9.21 Å². The van der Waals surface area contributed by atoms with Gasteiger partial charge in [-0.15, -0.1) is 0 Å². The molecule has 0 aromatic heterocycles. The molecule has 0 atom stereocenters. The molecule has 1 aliphatic heterocycles. The molecule has 2 rings (SSSR count). The van der Waals surface area contributed by atoms with Gasteiger partial charge in [-0.05, 0) is 31.4 Å². The van der Waals surface area contributed by atoms with Crippen LogP contribution in [0.3, 0.4) is 0 Å². The van der Waals surface area contributed by atoms with Gasteiger partial charge < -0.3 is 10.0 Å². The molecule has 138 valence electrons. The maximum atomic E-state index is 12.4. The lowest BCUT2D eigenvalue weighted by molar-refractivity contribution is -0.137. The molecule has 6 nitrogen and oxygen atoms in total. The Labute approximate surface area is 149 Å². The molecule has 1 heterocycles. The Morgan fingerprint density at radius 2 is 1.92 bits per heavy atom. The fraction of sp³-hybridized carbons (Fsp3) is 0.500. The van der Waals surface area contributed by atoms with Crippen LogP contribution in [-0.2, 0) is 14.8 Å². The summed E-state index contributed by atoms with van der Waals surface area (Å²) in [6.45, 7) is 3.38. The Kier molecular flexibility index (Phi) is 7.16. The number of hydrogen-bond donors (Lipinski definition) is 1. The standard InChI is InChI=1S/C18H26N2O4S/c1-2-19(13-14-21)18(22)17-8-11-20(12-9-17)25(23,24)15-10-16-6-4-3-5-7-16/h3-7,10,15,17,21H,2,8-9,11-14H2,1H3/b15-10+. The van der Waals surface area contributed by atoms with Crippen molar-refractivity contribution in [3.05, 3.63) is 41.3 Å². The average Bonchev–Trinajstić information content (AvgIpc) is 2.65. The molecule has 1 fully saturated rings. The average molecular weight is 366 g/mol. The lowest BCUT2D eigenvalue weighted by atomic mass is 9.96. The van der Waals surface area contributed by atoms with Crippen molar-refractivity contribution in [3.8, 4) is 0 Å². The number of aliphatic hydroxyl groups excluding tert-OH is 1. The quantitative estimate of drug-likeness (QED) is 0.794. The molecule has 1 aromatic carbocycles. The normalized spacial score (nSPS) is 17.0. The van der Waals surface area contributed by atoms with Gasteiger partial charge >= 0.3 is 0 Å². The number of rotatable bonds is 7. The van der Waals surface area contributed by atoms with Crippen LogP contribution in [0.25, 0.3) is 6.08 Å². The summed E-state index contributed by atoms with van der Waals surface area (Å²) in [5, 5.41) is 10.3. The zero-order chi connectivity index (χ0) is 18.3. The first-order valence-corrected chi connectivity index (χ1v) is 10.1. The maximum Gasteiger partial charge on any atom is 0.236 e. The van der Waals surface area contributed by atoms with Gasteiger partial charge in [-0.3, -0.25) is 4.79 Å². The van der Waals surface area contributed by atoms with Crippen molar-refractivity contribution in [1.29, 1.82) is 0 Å². The van der Waals surface area contributed by atoms with Crippen molar-refractivity contribution in [2.45, 2.75) is 19.8 Å². The smallest absolute Gasteiger partial charge is 0.236 e. The predicted molar refractivity (Wildman–Crippen MR) is 98.0 cm³/mol. The lowest BCUT2D eigenvalue weighted by Crippen LogP contribution is -2.44. The number of amides is 1. The number of carbonyl (C=O) groups excluding carboxylic acids is 1. The molecular weight excluding hydrogens is 340 g/mol. The zero-order valence-electron chi connectivity index (χ0n) is 14.5. The molecule has 1 saturated heterocycles. The minimum atomic E-state index is -3.48. The van der Waals surface area contributed by atoms with Crippen LogP contribution in [0.2, 0.25) is 0 Å². The van der Waals surface area contributed by atoms with Crippen LogP contribution in [0.1, 0.15) is 25.3 Å². The van der Waals surface area contributed by atoms with Crippen LogP contribution >= 0.6 is 0 Å². The summed E-state index contributed by atoms with van der Waals surface area (Å²) >= 11 is 0. The fourth-order valence-electron chi connectivity index (χ4n) is 2.98. The number of hydrogen-bond acceptors (Lipinski definition) is 4. The van der Waals surface area contributed by atoms with Gasteiger partial charge in [0.05, 0.1) is 6.61 Å². The molecule has 25 heavy (non-hydrogen) atoms. The summed E-state index contributed by atoms with van der Waals surface area (Å²) in [6, 6.07) is 9.28. The van der Waals surface area contributed by atoms with E-state index >= 15 is 0 Å². The third-order valence-electron chi connectivity index (χ3n) is 4.46. The van der Waals surface area contributed by atoms with Crippen LogP contribution in [0, 0.1) is 5.92 Å². The molecule has 0 unspecified atom stereocenters. The van der Waals surface area contributed by atoms with Crippen molar-refractivity contribution in [2.75, 3.05) is 32.8 Å². The Balaban J connectivity index is 1.94. The first-order valence-electron chi connectivity index (χ1n) is 8.61. The number of carbonyl (C=O) groups is 1. The van der Waals surface area contributed by atoms with Gasteiger partial charge in [0.2, 0.25) is 15.9 Å². The molecule has 1 aromatic rings. The Hall–Kier alpha value is -1.70. The molecule has 1 amide bonds. The number of nitrogens with zero attached hydrogens (tertiary/aromatic N) is 2. The third kappa shape index (κ3) is 5.39. The number of benzene rings is 1. The number of likely N-dealkylation sites (N-methyl/N-ethyl adjacent to an activating group) is 1. The highest BCUT2D eigenvalue weighted by Crippen LogP contribution is 2.22. The highest BCUT2D eigenvalue weighted by molar-refractivity contribution is 7.92. The molecule has 0 radical (unpaired) electrons. The van der Waals surface area contributed by atoms with E-state index in [2.05, 4.69) is 0 Å². The summed E-state index contributed by atoms with van der Waals surface area (Å²) in [4.78, 5) is 14.0. The molecule has 0 spiro atoms. The lowest BCUT2D eigenvalue weighted by Gasteiger charge is -2.32. The summed E-state index contributed by atoms with van der Waals surface area (Å²) in [6.07, 6.45) is 2.62. The van der Waals surface area contributed by atoms with Crippen molar-refractivity contribution in [2.24, 2.45) is 5.92 Å². The second kappa shape index (κ2) is 9.12. The van der Waals surface area contributed by atoms with Gasteiger partial charge in [0.1, 0.15) is 0 Å². The maximum absolute atomic E-state index is 12.4. The van der Waals surface area contributed by atoms with E-state index in [9.17, 15) is 13.2 Å². The van der Waals surface area contributed by atoms with Gasteiger partial charge in [-0.2, -0.15) is 4.31 Å². The fourth-order valence-corrected chi connectivity index (χ4v) is 4.20. The van der Waals surface area contributed by atoms with E-state index in [1.54, 1.807) is 11.0 Å². The van der Waals surface area contributed by atoms with Crippen LogP contribution < -0.4 is 0 Å². The summed E-state index contributed by atoms with van der Waals surface area (Å²) in [5.41, 5.74) is 0.832. The Morgan fingerprint density at radius 1 is 1.28 bits per heavy atom. The molecule has 1 aliphatic rings. The van der Waals surface area contributed by atoms with E-state index in [0.29, 0.717) is 39.0 Å². The molecule has 7 heteroatoms. The third-order valence-corrected chi connectivity index (χ3v) is 6.02. The molecule has 0 bridgehead atoms. The first-order chi connectivity index (χ1) is 12.0. The van der Waals surface area contributed by atoms with Gasteiger partial charge in [-0.1, -0.05) is 30.3 Å². The van der Waals surface area contributed by atoms with E-state index in [4.69, 9.17) is 5.11 Å². The topological polar surface area (TPSA) is 77.9 Å². The van der Waals surface area contributed by atoms with Crippen LogP contribution in [-0.4, -0.2) is 61.4 Å². The SMILES string of the molecule is CCN(CCO)C(=O)C1CCN(S(=O)(=O)/C=C/c2ccccc2)CC1.